The number of rotatable bonds is 64. The first-order chi connectivity index (χ1) is 37.1. The predicted octanol–water partition coefficient (Wildman–Crippen LogP) is 20.3. The number of likely N-dealkylation sites (N-methyl/N-ethyl adjacent to an activating group) is 1. The molecule has 0 aromatic carbocycles. The van der Waals surface area contributed by atoms with Crippen molar-refractivity contribution in [3.05, 3.63) is 0 Å². The summed E-state index contributed by atoms with van der Waals surface area (Å²) < 4.78 is 23.0. The van der Waals surface area contributed by atoms with Gasteiger partial charge in [0.15, 0.2) is 6.10 Å². The summed E-state index contributed by atoms with van der Waals surface area (Å²) >= 11 is 0. The first kappa shape index (κ1) is 74.3. The maximum Gasteiger partial charge on any atom is 0.361 e. The third-order valence-electron chi connectivity index (χ3n) is 15.6. The highest BCUT2D eigenvalue weighted by molar-refractivity contribution is 5.71. The summed E-state index contributed by atoms with van der Waals surface area (Å²) in [6.45, 7) is 4.97. The Balaban J connectivity index is 4.08. The van der Waals surface area contributed by atoms with Crippen molar-refractivity contribution in [2.24, 2.45) is 0 Å². The number of ether oxygens (including phenoxy) is 4. The van der Waals surface area contributed by atoms with Gasteiger partial charge < -0.3 is 28.5 Å². The average molecular weight is 1080 g/mol. The molecule has 452 valence electrons. The van der Waals surface area contributed by atoms with Crippen LogP contribution in [0.15, 0.2) is 0 Å². The number of hydrogen-bond donors (Lipinski definition) is 1. The molecule has 0 heterocycles. The van der Waals surface area contributed by atoms with Gasteiger partial charge in [-0.3, -0.25) is 9.59 Å². The third-order valence-corrected chi connectivity index (χ3v) is 15.6. The number of nitrogens with zero attached hydrogens (tertiary/aromatic N) is 1. The minimum Gasteiger partial charge on any atom is -0.477 e. The van der Waals surface area contributed by atoms with Gasteiger partial charge in [0.25, 0.3) is 6.29 Å². The number of quaternary nitrogens is 1. The third kappa shape index (κ3) is 59.9. The largest absolute Gasteiger partial charge is 0.477 e. The molecule has 0 spiro atoms. The topological polar surface area (TPSA) is 108 Å². The van der Waals surface area contributed by atoms with Crippen LogP contribution in [0.5, 0.6) is 0 Å². The lowest BCUT2D eigenvalue weighted by Crippen LogP contribution is -2.40. The quantitative estimate of drug-likeness (QED) is 0.0278. The summed E-state index contributed by atoms with van der Waals surface area (Å²) in [6, 6.07) is 0. The zero-order valence-electron chi connectivity index (χ0n) is 51.7. The van der Waals surface area contributed by atoms with Crippen molar-refractivity contribution in [2.75, 3.05) is 47.5 Å². The fraction of sp³-hybridized carbons (Fsp3) is 0.955. The smallest absolute Gasteiger partial charge is 0.361 e. The van der Waals surface area contributed by atoms with Crippen molar-refractivity contribution in [3.8, 4) is 0 Å². The van der Waals surface area contributed by atoms with Crippen LogP contribution >= 0.6 is 0 Å². The van der Waals surface area contributed by atoms with Crippen LogP contribution < -0.4 is 0 Å². The molecular formula is C67H132NO8+. The maximum atomic E-state index is 12.9. The number of aliphatic carboxylic acids is 1. The van der Waals surface area contributed by atoms with Gasteiger partial charge in [-0.05, 0) is 12.8 Å². The minimum absolute atomic E-state index is 0.172. The molecule has 0 aliphatic rings. The Morgan fingerprint density at radius 1 is 0.342 bits per heavy atom. The van der Waals surface area contributed by atoms with Gasteiger partial charge in [-0.25, -0.2) is 4.79 Å². The molecule has 0 aromatic heterocycles. The van der Waals surface area contributed by atoms with E-state index in [4.69, 9.17) is 18.9 Å². The molecule has 0 aliphatic carbocycles. The van der Waals surface area contributed by atoms with Crippen molar-refractivity contribution in [1.82, 2.24) is 0 Å². The van der Waals surface area contributed by atoms with Crippen LogP contribution in [0.4, 0.5) is 0 Å². The molecule has 76 heavy (non-hydrogen) atoms. The van der Waals surface area contributed by atoms with Crippen molar-refractivity contribution in [1.29, 1.82) is 0 Å². The van der Waals surface area contributed by atoms with Crippen LogP contribution in [0, 0.1) is 0 Å². The molecule has 0 aliphatic heterocycles. The van der Waals surface area contributed by atoms with Crippen molar-refractivity contribution >= 4 is 17.9 Å². The molecular weight excluding hydrogens is 947 g/mol. The number of unbranched alkanes of at least 4 members (excludes halogenated alkanes) is 49. The molecule has 2 atom stereocenters. The Labute approximate surface area is 473 Å². The molecule has 0 saturated heterocycles. The lowest BCUT2D eigenvalue weighted by molar-refractivity contribution is -0.870. The van der Waals surface area contributed by atoms with E-state index in [0.717, 1.165) is 38.5 Å². The molecule has 2 unspecified atom stereocenters. The summed E-state index contributed by atoms with van der Waals surface area (Å²) in [5.41, 5.74) is 0. The van der Waals surface area contributed by atoms with Gasteiger partial charge in [0, 0.05) is 12.8 Å². The zero-order chi connectivity index (χ0) is 55.5. The van der Waals surface area contributed by atoms with Crippen LogP contribution in [0.1, 0.15) is 354 Å². The monoisotopic (exact) mass is 1080 g/mol. The molecule has 9 heteroatoms. The highest BCUT2D eigenvalue weighted by Gasteiger charge is 2.25. The van der Waals surface area contributed by atoms with Crippen LogP contribution in [0.3, 0.4) is 0 Å². The SMILES string of the molecule is CCCCCCCCCCCCCCCCCCCCCCCCCCCCC(=O)OC(COC(=O)CCCCCCCCCCCCCCCCCCCCCCCCCCC)COC(OCC[N+](C)(C)C)C(=O)O. The van der Waals surface area contributed by atoms with Gasteiger partial charge >= 0.3 is 17.9 Å². The number of hydrogen-bond acceptors (Lipinski definition) is 7. The van der Waals surface area contributed by atoms with E-state index in [-0.39, 0.29) is 38.2 Å². The normalized spacial score (nSPS) is 12.6. The van der Waals surface area contributed by atoms with Crippen molar-refractivity contribution < 1.29 is 42.9 Å². The van der Waals surface area contributed by atoms with Crippen LogP contribution in [0.2, 0.25) is 0 Å². The van der Waals surface area contributed by atoms with Gasteiger partial charge in [0.1, 0.15) is 13.2 Å². The Bertz CT molecular complexity index is 1210. The van der Waals surface area contributed by atoms with E-state index in [2.05, 4.69) is 13.8 Å². The second kappa shape index (κ2) is 59.4. The predicted molar refractivity (Wildman–Crippen MR) is 323 cm³/mol. The number of carboxylic acids is 1. The second-order valence-electron chi connectivity index (χ2n) is 24.5. The van der Waals surface area contributed by atoms with E-state index in [9.17, 15) is 19.5 Å². The van der Waals surface area contributed by atoms with E-state index in [1.165, 1.54) is 289 Å². The maximum absolute atomic E-state index is 12.9. The molecule has 9 nitrogen and oxygen atoms in total. The van der Waals surface area contributed by atoms with Gasteiger partial charge in [0.05, 0.1) is 34.4 Å². The van der Waals surface area contributed by atoms with Crippen molar-refractivity contribution in [3.63, 3.8) is 0 Å². The van der Waals surface area contributed by atoms with Crippen LogP contribution in [-0.4, -0.2) is 87.4 Å². The highest BCUT2D eigenvalue weighted by atomic mass is 16.7. The molecule has 0 radical (unpaired) electrons. The van der Waals surface area contributed by atoms with Gasteiger partial charge in [-0.15, -0.1) is 0 Å². The molecule has 0 saturated carbocycles. The standard InChI is InChI=1S/C67H131NO8/c1-6-8-10-12-14-16-18-20-22-24-26-28-30-32-34-36-38-40-42-44-46-48-50-52-54-56-58-65(70)76-63(62-75-67(66(71)72)73-60-59-68(3,4)5)61-74-64(69)57-55-53-51-49-47-45-43-41-39-37-35-33-31-29-27-25-23-21-19-17-15-13-11-9-7-2/h63,67H,6-62H2,1-5H3/p+1. The van der Waals surface area contributed by atoms with E-state index < -0.39 is 18.4 Å². The Morgan fingerprint density at radius 2 is 0.592 bits per heavy atom. The number of carbonyl (C=O) groups is 3. The lowest BCUT2D eigenvalue weighted by Gasteiger charge is -2.25. The van der Waals surface area contributed by atoms with Crippen LogP contribution in [-0.2, 0) is 33.3 Å². The summed E-state index contributed by atoms with van der Waals surface area (Å²) in [7, 11) is 5.99. The van der Waals surface area contributed by atoms with E-state index in [1.807, 2.05) is 21.1 Å². The van der Waals surface area contributed by atoms with Gasteiger partial charge in [0.2, 0.25) is 0 Å². The molecule has 0 fully saturated rings. The number of carboxylic acid groups (broad SMARTS) is 1. The van der Waals surface area contributed by atoms with Gasteiger partial charge in [-0.2, -0.15) is 0 Å². The number of carbonyl (C=O) groups excluding carboxylic acids is 2. The first-order valence-electron chi connectivity index (χ1n) is 33.7. The Hall–Kier alpha value is -1.71. The second-order valence-corrected chi connectivity index (χ2v) is 24.5. The summed E-state index contributed by atoms with van der Waals surface area (Å²) in [5, 5.41) is 9.73. The average Bonchev–Trinajstić information content (AvgIpc) is 3.39. The highest BCUT2D eigenvalue weighted by Crippen LogP contribution is 2.19. The zero-order valence-corrected chi connectivity index (χ0v) is 51.7. The fourth-order valence-electron chi connectivity index (χ4n) is 10.4. The molecule has 0 rings (SSSR count). The molecule has 0 bridgehead atoms. The van der Waals surface area contributed by atoms with E-state index >= 15 is 0 Å². The minimum atomic E-state index is -1.50. The van der Waals surface area contributed by atoms with Crippen LogP contribution in [0.25, 0.3) is 0 Å². The van der Waals surface area contributed by atoms with Crippen molar-refractivity contribution in [2.45, 2.75) is 367 Å². The van der Waals surface area contributed by atoms with E-state index in [0.29, 0.717) is 17.4 Å². The fourth-order valence-corrected chi connectivity index (χ4v) is 10.4. The summed E-state index contributed by atoms with van der Waals surface area (Å²) in [4.78, 5) is 37.6. The molecule has 0 amide bonds. The summed E-state index contributed by atoms with van der Waals surface area (Å²) in [6.07, 6.45) is 66.4. The first-order valence-corrected chi connectivity index (χ1v) is 33.7. The molecule has 1 N–H and O–H groups in total. The summed E-state index contributed by atoms with van der Waals surface area (Å²) in [5.74, 6) is -1.97. The Kier molecular flexibility index (Phi) is 58.1. The van der Waals surface area contributed by atoms with Gasteiger partial charge in [-0.1, -0.05) is 328 Å². The molecule has 0 aromatic rings. The Morgan fingerprint density at radius 3 is 0.842 bits per heavy atom. The number of esters is 2. The van der Waals surface area contributed by atoms with E-state index in [1.54, 1.807) is 0 Å². The lowest BCUT2D eigenvalue weighted by atomic mass is 10.0.